The lowest BCUT2D eigenvalue weighted by Gasteiger charge is -2.18. The fourth-order valence-electron chi connectivity index (χ4n) is 3.21. The van der Waals surface area contributed by atoms with Crippen molar-refractivity contribution in [2.75, 3.05) is 4.90 Å². The van der Waals surface area contributed by atoms with Crippen molar-refractivity contribution >= 4 is 38.3 Å². The Balaban J connectivity index is 1.76. The summed E-state index contributed by atoms with van der Waals surface area (Å²) in [6, 6.07) is 15.2. The molecule has 0 N–H and O–H groups in total. The summed E-state index contributed by atoms with van der Waals surface area (Å²) in [5.74, 6) is 0.618. The van der Waals surface area contributed by atoms with E-state index in [4.69, 9.17) is 9.40 Å². The third kappa shape index (κ3) is 3.81. The van der Waals surface area contributed by atoms with Gasteiger partial charge in [-0.3, -0.25) is 19.8 Å². The number of carbonyl (C=O) groups excluding carboxylic acids is 1. The van der Waals surface area contributed by atoms with Crippen LogP contribution in [0.3, 0.4) is 0 Å². The van der Waals surface area contributed by atoms with E-state index in [2.05, 4.69) is 13.8 Å². The maximum Gasteiger partial charge on any atom is 0.269 e. The predicted octanol–water partition coefficient (Wildman–Crippen LogP) is 5.77. The van der Waals surface area contributed by atoms with Gasteiger partial charge in [-0.15, -0.1) is 0 Å². The van der Waals surface area contributed by atoms with Crippen molar-refractivity contribution in [2.24, 2.45) is 0 Å². The van der Waals surface area contributed by atoms with E-state index in [9.17, 15) is 14.9 Å². The van der Waals surface area contributed by atoms with Crippen LogP contribution in [-0.2, 0) is 6.54 Å². The van der Waals surface area contributed by atoms with E-state index >= 15 is 0 Å². The first-order valence-electron chi connectivity index (χ1n) is 9.42. The molecule has 0 aliphatic heterocycles. The quantitative estimate of drug-likeness (QED) is 0.291. The summed E-state index contributed by atoms with van der Waals surface area (Å²) in [6.45, 7) is 4.42. The summed E-state index contributed by atoms with van der Waals surface area (Å²) in [5.41, 5.74) is 2.28. The zero-order valence-electron chi connectivity index (χ0n) is 16.4. The first-order valence-corrected chi connectivity index (χ1v) is 10.2. The molecule has 1 amide bonds. The van der Waals surface area contributed by atoms with Crippen molar-refractivity contribution in [3.8, 4) is 0 Å². The minimum Gasteiger partial charge on any atom is -0.467 e. The van der Waals surface area contributed by atoms with Gasteiger partial charge in [0.15, 0.2) is 5.13 Å². The number of thiazole rings is 1. The van der Waals surface area contributed by atoms with Crippen LogP contribution in [0.15, 0.2) is 65.3 Å². The molecule has 0 atom stereocenters. The number of nitro benzene ring substituents is 1. The van der Waals surface area contributed by atoms with E-state index in [1.54, 1.807) is 23.3 Å². The molecule has 0 aliphatic rings. The number of non-ortho nitro benzene ring substituents is 1. The second-order valence-electron chi connectivity index (χ2n) is 7.12. The number of carbonyl (C=O) groups is 1. The van der Waals surface area contributed by atoms with E-state index in [1.807, 2.05) is 18.2 Å². The molecule has 4 rings (SSSR count). The van der Waals surface area contributed by atoms with Crippen LogP contribution in [0.2, 0.25) is 0 Å². The third-order valence-electron chi connectivity index (χ3n) is 4.76. The van der Waals surface area contributed by atoms with Crippen molar-refractivity contribution in [3.63, 3.8) is 0 Å². The number of hydrogen-bond acceptors (Lipinski definition) is 6. The highest BCUT2D eigenvalue weighted by atomic mass is 32.1. The molecule has 4 aromatic rings. The van der Waals surface area contributed by atoms with Gasteiger partial charge in [0.05, 0.1) is 27.9 Å². The number of rotatable bonds is 6. The van der Waals surface area contributed by atoms with E-state index in [1.165, 1.54) is 35.6 Å². The molecule has 2 aromatic heterocycles. The number of anilines is 1. The average Bonchev–Trinajstić information content (AvgIpc) is 3.40. The molecule has 0 saturated heterocycles. The second-order valence-corrected chi connectivity index (χ2v) is 8.13. The van der Waals surface area contributed by atoms with Crippen LogP contribution in [0, 0.1) is 10.1 Å². The van der Waals surface area contributed by atoms with Crippen molar-refractivity contribution in [1.82, 2.24) is 4.98 Å². The van der Waals surface area contributed by atoms with E-state index in [-0.39, 0.29) is 18.1 Å². The van der Waals surface area contributed by atoms with Crippen molar-refractivity contribution < 1.29 is 14.1 Å². The van der Waals surface area contributed by atoms with Crippen LogP contribution >= 0.6 is 11.3 Å². The zero-order valence-corrected chi connectivity index (χ0v) is 17.3. The van der Waals surface area contributed by atoms with Crippen LogP contribution in [0.4, 0.5) is 10.8 Å². The number of aromatic nitrogens is 1. The van der Waals surface area contributed by atoms with Gasteiger partial charge in [-0.1, -0.05) is 37.3 Å². The summed E-state index contributed by atoms with van der Waals surface area (Å²) in [4.78, 5) is 30.1. The minimum atomic E-state index is -0.490. The smallest absolute Gasteiger partial charge is 0.269 e. The number of nitro groups is 1. The SMILES string of the molecule is CC(C)c1cccc2sc(N(Cc3ccco3)C(=O)c3ccc([N+](=O)[O-])cc3)nc12. The number of amides is 1. The molecule has 0 radical (unpaired) electrons. The molecular formula is C22H19N3O4S. The van der Waals surface area contributed by atoms with Crippen LogP contribution in [0.1, 0.15) is 41.4 Å². The maximum atomic E-state index is 13.3. The molecule has 0 bridgehead atoms. The molecule has 0 unspecified atom stereocenters. The Hall–Kier alpha value is -3.52. The minimum absolute atomic E-state index is 0.0642. The lowest BCUT2D eigenvalue weighted by molar-refractivity contribution is -0.384. The molecule has 2 heterocycles. The molecule has 0 aliphatic carbocycles. The van der Waals surface area contributed by atoms with Crippen LogP contribution < -0.4 is 4.90 Å². The third-order valence-corrected chi connectivity index (χ3v) is 5.80. The Bertz CT molecular complexity index is 1200. The summed E-state index contributed by atoms with van der Waals surface area (Å²) >= 11 is 1.43. The van der Waals surface area contributed by atoms with Gasteiger partial charge in [-0.25, -0.2) is 4.98 Å². The van der Waals surface area contributed by atoms with Crippen LogP contribution in [0.25, 0.3) is 10.2 Å². The van der Waals surface area contributed by atoms with Gasteiger partial charge in [0.25, 0.3) is 11.6 Å². The topological polar surface area (TPSA) is 89.5 Å². The highest BCUT2D eigenvalue weighted by Gasteiger charge is 2.24. The number of benzene rings is 2. The van der Waals surface area contributed by atoms with Gasteiger partial charge in [-0.05, 0) is 41.8 Å². The van der Waals surface area contributed by atoms with Crippen LogP contribution in [-0.4, -0.2) is 15.8 Å². The molecule has 7 nitrogen and oxygen atoms in total. The molecule has 2 aromatic carbocycles. The molecule has 30 heavy (non-hydrogen) atoms. The molecule has 8 heteroatoms. The molecule has 0 spiro atoms. The van der Waals surface area contributed by atoms with Crippen LogP contribution in [0.5, 0.6) is 0 Å². The Kier molecular flexibility index (Phi) is 5.33. The number of fused-ring (bicyclic) bond motifs is 1. The van der Waals surface area contributed by atoms with Crippen molar-refractivity contribution in [2.45, 2.75) is 26.3 Å². The Morgan fingerprint density at radius 1 is 1.17 bits per heavy atom. The summed E-state index contributed by atoms with van der Waals surface area (Å²) in [7, 11) is 0. The predicted molar refractivity (Wildman–Crippen MR) is 116 cm³/mol. The number of furan rings is 1. The average molecular weight is 421 g/mol. The summed E-state index contributed by atoms with van der Waals surface area (Å²) in [6.07, 6.45) is 1.55. The first kappa shape index (κ1) is 19.8. The Labute approximate surface area is 176 Å². The van der Waals surface area contributed by atoms with Gasteiger partial charge in [0.1, 0.15) is 5.76 Å². The van der Waals surface area contributed by atoms with Gasteiger partial charge in [0.2, 0.25) is 0 Å². The van der Waals surface area contributed by atoms with E-state index in [0.717, 1.165) is 15.8 Å². The monoisotopic (exact) mass is 421 g/mol. The second kappa shape index (κ2) is 8.08. The van der Waals surface area contributed by atoms with Crippen molar-refractivity contribution in [1.29, 1.82) is 0 Å². The molecule has 0 saturated carbocycles. The lowest BCUT2D eigenvalue weighted by Crippen LogP contribution is -2.30. The highest BCUT2D eigenvalue weighted by Crippen LogP contribution is 2.34. The number of nitrogens with zero attached hydrogens (tertiary/aromatic N) is 3. The molecule has 0 fully saturated rings. The van der Waals surface area contributed by atoms with Gasteiger partial charge in [-0.2, -0.15) is 0 Å². The first-order chi connectivity index (χ1) is 14.4. The number of para-hydroxylation sites is 1. The van der Waals surface area contributed by atoms with E-state index < -0.39 is 4.92 Å². The maximum absolute atomic E-state index is 13.3. The van der Waals surface area contributed by atoms with Gasteiger partial charge >= 0.3 is 0 Å². The number of hydrogen-bond donors (Lipinski definition) is 0. The standard InChI is InChI=1S/C22H19N3O4S/c1-14(2)18-6-3-7-19-20(18)23-22(30-19)24(13-17-5-4-12-29-17)21(26)15-8-10-16(11-9-15)25(27)28/h3-12,14H,13H2,1-2H3. The summed E-state index contributed by atoms with van der Waals surface area (Å²) in [5, 5.41) is 11.5. The van der Waals surface area contributed by atoms with Gasteiger partial charge in [0, 0.05) is 17.7 Å². The fourth-order valence-corrected chi connectivity index (χ4v) is 4.20. The largest absolute Gasteiger partial charge is 0.467 e. The normalized spacial score (nSPS) is 11.2. The molecule has 152 valence electrons. The zero-order chi connectivity index (χ0) is 21.3. The lowest BCUT2D eigenvalue weighted by atomic mass is 10.0. The summed E-state index contributed by atoms with van der Waals surface area (Å²) < 4.78 is 6.45. The highest BCUT2D eigenvalue weighted by molar-refractivity contribution is 7.22. The van der Waals surface area contributed by atoms with Gasteiger partial charge < -0.3 is 4.42 Å². The van der Waals surface area contributed by atoms with Crippen molar-refractivity contribution in [3.05, 3.63) is 87.9 Å². The molecular weight excluding hydrogens is 402 g/mol. The fraction of sp³-hybridized carbons (Fsp3) is 0.182. The Morgan fingerprint density at radius 3 is 2.57 bits per heavy atom. The van der Waals surface area contributed by atoms with E-state index in [0.29, 0.717) is 22.4 Å². The Morgan fingerprint density at radius 2 is 1.93 bits per heavy atom.